The van der Waals surface area contributed by atoms with Gasteiger partial charge in [-0.25, -0.2) is 8.42 Å². The lowest BCUT2D eigenvalue weighted by Gasteiger charge is -2.32. The molecule has 0 atom stereocenters. The normalized spacial score (nSPS) is 14.5. The molecule has 0 aliphatic carbocycles. The van der Waals surface area contributed by atoms with Gasteiger partial charge >= 0.3 is 0 Å². The minimum atomic E-state index is -3.70. The number of amides is 1. The number of carbonyl (C=O) groups is 1. The summed E-state index contributed by atoms with van der Waals surface area (Å²) < 4.78 is 34.1. The molecule has 8 heteroatoms. The number of anilines is 1. The molecular formula is C28H27N3O4S. The van der Waals surface area contributed by atoms with Crippen molar-refractivity contribution in [2.24, 2.45) is 0 Å². The van der Waals surface area contributed by atoms with Crippen molar-refractivity contribution in [2.45, 2.75) is 30.8 Å². The molecular weight excluding hydrogens is 474 g/mol. The first-order valence-corrected chi connectivity index (χ1v) is 13.4. The highest BCUT2D eigenvalue weighted by atomic mass is 32.2. The number of fused-ring (bicyclic) bond motifs is 1. The van der Waals surface area contributed by atoms with Crippen molar-refractivity contribution in [2.75, 3.05) is 17.8 Å². The summed E-state index contributed by atoms with van der Waals surface area (Å²) in [6, 6.07) is 23.1. The fraction of sp³-hybridized carbons (Fsp3) is 0.214. The van der Waals surface area contributed by atoms with E-state index >= 15 is 0 Å². The summed E-state index contributed by atoms with van der Waals surface area (Å²) in [6.45, 7) is 3.02. The predicted octanol–water partition coefficient (Wildman–Crippen LogP) is 5.03. The number of ether oxygens (including phenoxy) is 1. The number of hydrogen-bond donors (Lipinski definition) is 1. The molecule has 1 fully saturated rings. The maximum absolute atomic E-state index is 13.0. The van der Waals surface area contributed by atoms with E-state index in [0.717, 1.165) is 35.1 Å². The highest BCUT2D eigenvalue weighted by Crippen LogP contribution is 2.27. The molecule has 3 aromatic carbocycles. The summed E-state index contributed by atoms with van der Waals surface area (Å²) >= 11 is 0. The van der Waals surface area contributed by atoms with Crippen LogP contribution in [0.3, 0.4) is 0 Å². The Morgan fingerprint density at radius 3 is 2.44 bits per heavy atom. The van der Waals surface area contributed by atoms with Crippen molar-refractivity contribution in [1.29, 1.82) is 0 Å². The number of pyridine rings is 1. The first kappa shape index (κ1) is 23.8. The Labute approximate surface area is 210 Å². The molecule has 5 rings (SSSR count). The van der Waals surface area contributed by atoms with E-state index in [-0.39, 0.29) is 16.9 Å². The van der Waals surface area contributed by atoms with Crippen LogP contribution in [0, 0.1) is 6.92 Å². The zero-order chi connectivity index (χ0) is 25.1. The first-order chi connectivity index (χ1) is 17.4. The number of para-hydroxylation sites is 1. The number of rotatable bonds is 6. The van der Waals surface area contributed by atoms with Crippen molar-refractivity contribution < 1.29 is 17.9 Å². The van der Waals surface area contributed by atoms with Gasteiger partial charge in [0.1, 0.15) is 17.4 Å². The SMILES string of the molecule is Cc1cccc(S(=O)(=O)Nc2ccc(C(=O)N3CCC(Oc4cccc5cccnc45)CC3)cc2)c1. The van der Waals surface area contributed by atoms with E-state index in [0.29, 0.717) is 24.3 Å². The van der Waals surface area contributed by atoms with Crippen LogP contribution < -0.4 is 9.46 Å². The monoisotopic (exact) mass is 501 g/mol. The molecule has 7 nitrogen and oxygen atoms in total. The molecule has 1 saturated heterocycles. The number of carbonyl (C=O) groups excluding carboxylic acids is 1. The summed E-state index contributed by atoms with van der Waals surface area (Å²) in [7, 11) is -3.70. The molecule has 4 aromatic rings. The Bertz CT molecular complexity index is 1490. The fourth-order valence-electron chi connectivity index (χ4n) is 4.39. The number of piperidine rings is 1. The van der Waals surface area contributed by atoms with Crippen LogP contribution in [0.1, 0.15) is 28.8 Å². The van der Waals surface area contributed by atoms with Crippen molar-refractivity contribution in [3.63, 3.8) is 0 Å². The van der Waals surface area contributed by atoms with Crippen LogP contribution in [0.15, 0.2) is 90.0 Å². The number of aryl methyl sites for hydroxylation is 1. The second kappa shape index (κ2) is 9.99. The number of sulfonamides is 1. The number of nitrogens with one attached hydrogen (secondary N) is 1. The molecule has 2 heterocycles. The maximum Gasteiger partial charge on any atom is 0.261 e. The third kappa shape index (κ3) is 5.18. The van der Waals surface area contributed by atoms with Gasteiger partial charge in [0.2, 0.25) is 0 Å². The zero-order valence-corrected chi connectivity index (χ0v) is 20.7. The average molecular weight is 502 g/mol. The summed E-state index contributed by atoms with van der Waals surface area (Å²) in [5.41, 5.74) is 2.63. The Kier molecular flexibility index (Phi) is 6.61. The van der Waals surface area contributed by atoms with Gasteiger partial charge in [-0.15, -0.1) is 0 Å². The number of hydrogen-bond acceptors (Lipinski definition) is 5. The molecule has 36 heavy (non-hydrogen) atoms. The van der Waals surface area contributed by atoms with Gasteiger partial charge < -0.3 is 9.64 Å². The lowest BCUT2D eigenvalue weighted by atomic mass is 10.1. The second-order valence-corrected chi connectivity index (χ2v) is 10.6. The van der Waals surface area contributed by atoms with E-state index < -0.39 is 10.0 Å². The lowest BCUT2D eigenvalue weighted by Crippen LogP contribution is -2.41. The van der Waals surface area contributed by atoms with Gasteiger partial charge in [-0.2, -0.15) is 0 Å². The zero-order valence-electron chi connectivity index (χ0n) is 19.9. The molecule has 1 N–H and O–H groups in total. The Balaban J connectivity index is 1.19. The fourth-order valence-corrected chi connectivity index (χ4v) is 5.55. The van der Waals surface area contributed by atoms with Crippen LogP contribution in [0.4, 0.5) is 5.69 Å². The van der Waals surface area contributed by atoms with E-state index in [4.69, 9.17) is 4.74 Å². The van der Waals surface area contributed by atoms with Gasteiger partial charge in [-0.05, 0) is 61.0 Å². The van der Waals surface area contributed by atoms with Gasteiger partial charge in [0, 0.05) is 48.8 Å². The molecule has 0 bridgehead atoms. The van der Waals surface area contributed by atoms with E-state index in [1.165, 1.54) is 0 Å². The molecule has 1 aromatic heterocycles. The van der Waals surface area contributed by atoms with Crippen LogP contribution in [0.5, 0.6) is 5.75 Å². The quantitative estimate of drug-likeness (QED) is 0.400. The summed E-state index contributed by atoms with van der Waals surface area (Å²) in [4.78, 5) is 19.5. The minimum absolute atomic E-state index is 0.0139. The molecule has 0 unspecified atom stereocenters. The highest BCUT2D eigenvalue weighted by Gasteiger charge is 2.25. The summed E-state index contributed by atoms with van der Waals surface area (Å²) in [5.74, 6) is 0.690. The largest absolute Gasteiger partial charge is 0.488 e. The first-order valence-electron chi connectivity index (χ1n) is 11.9. The van der Waals surface area contributed by atoms with Crippen LogP contribution in [0.2, 0.25) is 0 Å². The van der Waals surface area contributed by atoms with E-state index in [1.54, 1.807) is 48.7 Å². The number of nitrogens with zero attached hydrogens (tertiary/aromatic N) is 2. The summed E-state index contributed by atoms with van der Waals surface area (Å²) in [6.07, 6.45) is 3.22. The standard InChI is InChI=1S/C28H27N3O4S/c1-20-5-2-8-25(19-20)36(33,34)30-23-12-10-22(11-13-23)28(32)31-17-14-24(15-18-31)35-26-9-3-6-21-7-4-16-29-27(21)26/h2-13,16,19,24,30H,14-15,17-18H2,1H3. The summed E-state index contributed by atoms with van der Waals surface area (Å²) in [5, 5.41) is 1.03. The number of benzene rings is 3. The van der Waals surface area contributed by atoms with Gasteiger partial charge in [0.25, 0.3) is 15.9 Å². The Hall–Kier alpha value is -3.91. The molecule has 184 valence electrons. The van der Waals surface area contributed by atoms with Crippen LogP contribution in [0.25, 0.3) is 10.9 Å². The van der Waals surface area contributed by atoms with Crippen LogP contribution in [-0.2, 0) is 10.0 Å². The van der Waals surface area contributed by atoms with Crippen molar-refractivity contribution in [3.8, 4) is 5.75 Å². The lowest BCUT2D eigenvalue weighted by molar-refractivity contribution is 0.0597. The van der Waals surface area contributed by atoms with Crippen LogP contribution in [-0.4, -0.2) is 43.4 Å². The van der Waals surface area contributed by atoms with E-state index in [1.807, 2.05) is 48.2 Å². The van der Waals surface area contributed by atoms with Crippen molar-refractivity contribution >= 4 is 32.5 Å². The van der Waals surface area contributed by atoms with Crippen molar-refractivity contribution in [1.82, 2.24) is 9.88 Å². The number of likely N-dealkylation sites (tertiary alicyclic amines) is 1. The molecule has 0 saturated carbocycles. The van der Waals surface area contributed by atoms with Gasteiger partial charge in [-0.3, -0.25) is 14.5 Å². The van der Waals surface area contributed by atoms with Gasteiger partial charge in [-0.1, -0.05) is 30.3 Å². The Morgan fingerprint density at radius 1 is 0.972 bits per heavy atom. The van der Waals surface area contributed by atoms with Crippen LogP contribution >= 0.6 is 0 Å². The third-order valence-corrected chi connectivity index (χ3v) is 7.68. The van der Waals surface area contributed by atoms with E-state index in [2.05, 4.69) is 9.71 Å². The van der Waals surface area contributed by atoms with Crippen molar-refractivity contribution in [3.05, 3.63) is 96.2 Å². The van der Waals surface area contributed by atoms with Gasteiger partial charge in [0.05, 0.1) is 4.90 Å². The Morgan fingerprint density at radius 2 is 1.69 bits per heavy atom. The van der Waals surface area contributed by atoms with Gasteiger partial charge in [0.15, 0.2) is 0 Å². The molecule has 1 amide bonds. The average Bonchev–Trinajstić information content (AvgIpc) is 2.89. The second-order valence-electron chi connectivity index (χ2n) is 8.94. The topological polar surface area (TPSA) is 88.6 Å². The molecule has 0 radical (unpaired) electrons. The third-order valence-electron chi connectivity index (χ3n) is 6.30. The molecule has 1 aliphatic heterocycles. The predicted molar refractivity (Wildman–Crippen MR) is 140 cm³/mol. The molecule has 1 aliphatic rings. The maximum atomic E-state index is 13.0. The smallest absolute Gasteiger partial charge is 0.261 e. The molecule has 0 spiro atoms. The minimum Gasteiger partial charge on any atom is -0.488 e. The number of aromatic nitrogens is 1. The van der Waals surface area contributed by atoms with E-state index in [9.17, 15) is 13.2 Å². The highest BCUT2D eigenvalue weighted by molar-refractivity contribution is 7.92.